The van der Waals surface area contributed by atoms with E-state index in [1.54, 1.807) is 0 Å². The maximum atomic E-state index is 6.40. The van der Waals surface area contributed by atoms with Gasteiger partial charge in [-0.3, -0.25) is 0 Å². The van der Waals surface area contributed by atoms with Crippen molar-refractivity contribution in [1.29, 1.82) is 0 Å². The molecular formula is C26H15NO. The average molecular weight is 357 g/mol. The van der Waals surface area contributed by atoms with E-state index in [0.717, 1.165) is 27.5 Å². The molecule has 28 heavy (non-hydrogen) atoms. The topological polar surface area (TPSA) is 17.6 Å². The Morgan fingerprint density at radius 3 is 2.04 bits per heavy atom. The monoisotopic (exact) mass is 357 g/mol. The van der Waals surface area contributed by atoms with Gasteiger partial charge in [-0.25, -0.2) is 0 Å². The van der Waals surface area contributed by atoms with E-state index < -0.39 is 0 Å². The molecule has 0 N–H and O–H groups in total. The molecular weight excluding hydrogens is 342 g/mol. The lowest BCUT2D eigenvalue weighted by Gasteiger charge is -2.10. The van der Waals surface area contributed by atoms with Gasteiger partial charge in [-0.05, 0) is 17.5 Å². The minimum atomic E-state index is 0.933. The molecule has 3 heterocycles. The van der Waals surface area contributed by atoms with Gasteiger partial charge in [0.05, 0.1) is 11.0 Å². The summed E-state index contributed by atoms with van der Waals surface area (Å²) in [5, 5.41) is 8.59. The number of hydrogen-bond acceptors (Lipinski definition) is 1. The van der Waals surface area contributed by atoms with Gasteiger partial charge in [-0.15, -0.1) is 0 Å². The van der Waals surface area contributed by atoms with Crippen molar-refractivity contribution in [3.05, 3.63) is 91.1 Å². The minimum absolute atomic E-state index is 0.933. The molecule has 130 valence electrons. The Kier molecular flexibility index (Phi) is 2.52. The maximum Gasteiger partial charge on any atom is 0.160 e. The van der Waals surface area contributed by atoms with Crippen molar-refractivity contribution in [2.24, 2.45) is 0 Å². The summed E-state index contributed by atoms with van der Waals surface area (Å²) in [6.45, 7) is 0. The Hall–Kier alpha value is -3.78. The van der Waals surface area contributed by atoms with Crippen LogP contribution in [0.2, 0.25) is 0 Å². The van der Waals surface area contributed by atoms with Gasteiger partial charge in [-0.1, -0.05) is 72.8 Å². The predicted molar refractivity (Wildman–Crippen MR) is 117 cm³/mol. The Morgan fingerprint density at radius 1 is 0.500 bits per heavy atom. The van der Waals surface area contributed by atoms with Crippen molar-refractivity contribution in [3.63, 3.8) is 0 Å². The summed E-state index contributed by atoms with van der Waals surface area (Å²) in [6.07, 6.45) is 2.24. The number of aromatic nitrogens is 1. The van der Waals surface area contributed by atoms with Gasteiger partial charge in [0, 0.05) is 38.5 Å². The smallest absolute Gasteiger partial charge is 0.160 e. The first-order valence-electron chi connectivity index (χ1n) is 9.55. The molecule has 0 spiro atoms. The fraction of sp³-hybridized carbons (Fsp3) is 0. The number of para-hydroxylation sites is 1. The van der Waals surface area contributed by atoms with E-state index in [1.165, 1.54) is 32.4 Å². The largest absolute Gasteiger partial charge is 0.454 e. The average Bonchev–Trinajstić information content (AvgIpc) is 3.32. The number of rotatable bonds is 0. The Balaban J connectivity index is 1.89. The SMILES string of the molecule is c1ccc2c(c1)cn1c2c2ccccc2c2ccc3c4ccccc4oc3c21. The van der Waals surface area contributed by atoms with E-state index in [9.17, 15) is 0 Å². The van der Waals surface area contributed by atoms with Crippen LogP contribution in [0.3, 0.4) is 0 Å². The summed E-state index contributed by atoms with van der Waals surface area (Å²) in [7, 11) is 0. The normalized spacial score (nSPS) is 12.3. The van der Waals surface area contributed by atoms with Gasteiger partial charge in [-0.2, -0.15) is 0 Å². The highest BCUT2D eigenvalue weighted by atomic mass is 16.3. The van der Waals surface area contributed by atoms with Gasteiger partial charge in [0.15, 0.2) is 5.58 Å². The zero-order valence-corrected chi connectivity index (χ0v) is 15.0. The molecule has 2 heteroatoms. The van der Waals surface area contributed by atoms with Crippen LogP contribution in [0.15, 0.2) is 95.5 Å². The standard InChI is InChI=1S/C26H15NO/c1-2-8-17-16(7-1)15-27-24(17)20-11-4-3-9-18(20)21-13-14-22-19-10-5-6-12-23(19)28-26(22)25(21)27/h1-15H. The van der Waals surface area contributed by atoms with Crippen LogP contribution < -0.4 is 0 Å². The van der Waals surface area contributed by atoms with Crippen molar-refractivity contribution in [3.8, 4) is 0 Å². The highest BCUT2D eigenvalue weighted by molar-refractivity contribution is 6.25. The van der Waals surface area contributed by atoms with Crippen LogP contribution in [-0.2, 0) is 0 Å². The lowest BCUT2D eigenvalue weighted by molar-refractivity contribution is 0.671. The van der Waals surface area contributed by atoms with Crippen LogP contribution in [0.1, 0.15) is 0 Å². The van der Waals surface area contributed by atoms with E-state index in [4.69, 9.17) is 4.42 Å². The summed E-state index contributed by atoms with van der Waals surface area (Å²) in [4.78, 5) is 0. The molecule has 7 rings (SSSR count). The van der Waals surface area contributed by atoms with Gasteiger partial charge in [0.25, 0.3) is 0 Å². The quantitative estimate of drug-likeness (QED) is 0.260. The number of fused-ring (bicyclic) bond motifs is 12. The van der Waals surface area contributed by atoms with Crippen molar-refractivity contribution < 1.29 is 4.42 Å². The number of furan rings is 1. The van der Waals surface area contributed by atoms with Gasteiger partial charge in [0.2, 0.25) is 0 Å². The highest BCUT2D eigenvalue weighted by Gasteiger charge is 2.17. The first kappa shape index (κ1) is 14.3. The second-order valence-corrected chi connectivity index (χ2v) is 7.42. The Morgan fingerprint density at radius 2 is 1.14 bits per heavy atom. The second kappa shape index (κ2) is 4.93. The molecule has 0 atom stereocenters. The first-order chi connectivity index (χ1) is 13.9. The van der Waals surface area contributed by atoms with Crippen molar-refractivity contribution in [2.75, 3.05) is 0 Å². The molecule has 0 amide bonds. The molecule has 0 aliphatic heterocycles. The van der Waals surface area contributed by atoms with Gasteiger partial charge >= 0.3 is 0 Å². The molecule has 0 saturated carbocycles. The van der Waals surface area contributed by atoms with Gasteiger partial charge < -0.3 is 8.82 Å². The van der Waals surface area contributed by atoms with Crippen molar-refractivity contribution in [2.45, 2.75) is 0 Å². The number of hydrogen-bond donors (Lipinski definition) is 0. The van der Waals surface area contributed by atoms with Crippen LogP contribution in [0.25, 0.3) is 59.9 Å². The van der Waals surface area contributed by atoms with E-state index in [0.29, 0.717) is 0 Å². The van der Waals surface area contributed by atoms with Crippen LogP contribution in [0.5, 0.6) is 0 Å². The third-order valence-electron chi connectivity index (χ3n) is 5.96. The molecule has 4 aromatic carbocycles. The molecule has 0 aliphatic carbocycles. The zero-order valence-electron chi connectivity index (χ0n) is 15.0. The van der Waals surface area contributed by atoms with Crippen molar-refractivity contribution in [1.82, 2.24) is 4.40 Å². The number of pyridine rings is 1. The highest BCUT2D eigenvalue weighted by Crippen LogP contribution is 2.40. The van der Waals surface area contributed by atoms with Crippen LogP contribution in [-0.4, -0.2) is 4.40 Å². The van der Waals surface area contributed by atoms with E-state index >= 15 is 0 Å². The van der Waals surface area contributed by atoms with Crippen LogP contribution in [0.4, 0.5) is 0 Å². The van der Waals surface area contributed by atoms with Gasteiger partial charge in [0.1, 0.15) is 5.58 Å². The minimum Gasteiger partial charge on any atom is -0.454 e. The van der Waals surface area contributed by atoms with E-state index in [2.05, 4.69) is 83.4 Å². The third kappa shape index (κ3) is 1.64. The molecule has 2 nitrogen and oxygen atoms in total. The first-order valence-corrected chi connectivity index (χ1v) is 9.55. The maximum absolute atomic E-state index is 6.40. The molecule has 0 saturated heterocycles. The van der Waals surface area contributed by atoms with Crippen molar-refractivity contribution >= 4 is 59.9 Å². The molecule has 7 aromatic rings. The lowest BCUT2D eigenvalue weighted by atomic mass is 10.0. The summed E-state index contributed by atoms with van der Waals surface area (Å²) in [5.74, 6) is 0. The molecule has 0 aliphatic rings. The fourth-order valence-corrected chi connectivity index (χ4v) is 4.77. The Labute approximate surface area is 160 Å². The molecule has 0 unspecified atom stereocenters. The summed E-state index contributed by atoms with van der Waals surface area (Å²) in [6, 6.07) is 30.0. The Bertz CT molecular complexity index is 1720. The summed E-state index contributed by atoms with van der Waals surface area (Å²) >= 11 is 0. The number of benzene rings is 4. The summed E-state index contributed by atoms with van der Waals surface area (Å²) < 4.78 is 8.72. The molecule has 3 aromatic heterocycles. The van der Waals surface area contributed by atoms with E-state index in [1.807, 2.05) is 12.1 Å². The number of nitrogens with zero attached hydrogens (tertiary/aromatic N) is 1. The second-order valence-electron chi connectivity index (χ2n) is 7.42. The molecule has 0 bridgehead atoms. The molecule has 0 radical (unpaired) electrons. The van der Waals surface area contributed by atoms with Crippen LogP contribution in [0, 0.1) is 0 Å². The third-order valence-corrected chi connectivity index (χ3v) is 5.96. The van der Waals surface area contributed by atoms with E-state index in [-0.39, 0.29) is 0 Å². The lowest BCUT2D eigenvalue weighted by Crippen LogP contribution is -1.90. The zero-order chi connectivity index (χ0) is 18.2. The summed E-state index contributed by atoms with van der Waals surface area (Å²) in [5.41, 5.74) is 4.27. The molecule has 0 fully saturated rings. The fourth-order valence-electron chi connectivity index (χ4n) is 4.77. The van der Waals surface area contributed by atoms with Crippen LogP contribution >= 0.6 is 0 Å². The predicted octanol–water partition coefficient (Wildman–Crippen LogP) is 7.30.